The van der Waals surface area contributed by atoms with Crippen molar-refractivity contribution in [3.63, 3.8) is 0 Å². The first kappa shape index (κ1) is 7.62. The van der Waals surface area contributed by atoms with Gasteiger partial charge in [0, 0.05) is 5.25 Å². The van der Waals surface area contributed by atoms with Gasteiger partial charge in [-0.15, -0.1) is 0 Å². The van der Waals surface area contributed by atoms with Crippen LogP contribution in [0, 0.1) is 0 Å². The summed E-state index contributed by atoms with van der Waals surface area (Å²) in [7, 11) is 0. The molecule has 68 valence electrons. The van der Waals surface area contributed by atoms with Gasteiger partial charge in [-0.3, -0.25) is 5.32 Å². The molecule has 3 aliphatic rings. The standard InChI is InChI=1S/C8H13NO2S/c1-2-12-5-3-4-7(10-4)9-8-6(5)11-8/h4-9H,2-3H2,1H3. The molecule has 3 fully saturated rings. The molecular formula is C8H13NO2S. The Kier molecular flexibility index (Phi) is 1.66. The van der Waals surface area contributed by atoms with E-state index in [2.05, 4.69) is 12.2 Å². The topological polar surface area (TPSA) is 37.1 Å². The van der Waals surface area contributed by atoms with E-state index < -0.39 is 0 Å². The largest absolute Gasteiger partial charge is 0.353 e. The predicted molar refractivity (Wildman–Crippen MR) is 47.0 cm³/mol. The zero-order valence-corrected chi connectivity index (χ0v) is 7.84. The normalized spacial score (nSPS) is 55.2. The van der Waals surface area contributed by atoms with E-state index in [4.69, 9.17) is 9.47 Å². The number of fused-ring (bicyclic) bond motifs is 2. The van der Waals surface area contributed by atoms with E-state index in [1.807, 2.05) is 11.8 Å². The van der Waals surface area contributed by atoms with E-state index >= 15 is 0 Å². The van der Waals surface area contributed by atoms with E-state index in [0.717, 1.165) is 6.42 Å². The van der Waals surface area contributed by atoms with Crippen molar-refractivity contribution in [1.82, 2.24) is 5.32 Å². The molecule has 3 saturated heterocycles. The van der Waals surface area contributed by atoms with Crippen molar-refractivity contribution in [2.75, 3.05) is 5.75 Å². The Hall–Kier alpha value is 0.230. The van der Waals surface area contributed by atoms with E-state index in [-0.39, 0.29) is 0 Å². The molecule has 0 aromatic heterocycles. The lowest BCUT2D eigenvalue weighted by atomic mass is 10.2. The summed E-state index contributed by atoms with van der Waals surface area (Å²) in [5.74, 6) is 1.18. The van der Waals surface area contributed by atoms with E-state index in [0.29, 0.717) is 29.9 Å². The monoisotopic (exact) mass is 187 g/mol. The van der Waals surface area contributed by atoms with Crippen LogP contribution in [-0.2, 0) is 9.47 Å². The number of nitrogens with one attached hydrogen (secondary N) is 1. The molecule has 0 bridgehead atoms. The van der Waals surface area contributed by atoms with Gasteiger partial charge in [0.15, 0.2) is 0 Å². The molecule has 3 aliphatic heterocycles. The SMILES string of the molecule is CCSC1CC2OC2NC2OC21. The molecule has 1 N–H and O–H groups in total. The van der Waals surface area contributed by atoms with Gasteiger partial charge in [-0.1, -0.05) is 6.92 Å². The van der Waals surface area contributed by atoms with Crippen LogP contribution in [0.2, 0.25) is 0 Å². The van der Waals surface area contributed by atoms with Crippen molar-refractivity contribution in [2.24, 2.45) is 0 Å². The average molecular weight is 187 g/mol. The second-order valence-corrected chi connectivity index (χ2v) is 5.03. The fraction of sp³-hybridized carbons (Fsp3) is 1.00. The van der Waals surface area contributed by atoms with Gasteiger partial charge >= 0.3 is 0 Å². The fourth-order valence-corrected chi connectivity index (χ4v) is 3.06. The minimum Gasteiger partial charge on any atom is -0.353 e. The highest BCUT2D eigenvalue weighted by molar-refractivity contribution is 7.99. The third kappa shape index (κ3) is 1.18. The molecular weight excluding hydrogens is 174 g/mol. The number of hydrogen-bond acceptors (Lipinski definition) is 4. The zero-order chi connectivity index (χ0) is 8.13. The number of rotatable bonds is 2. The first-order valence-corrected chi connectivity index (χ1v) is 5.62. The summed E-state index contributed by atoms with van der Waals surface area (Å²) in [6.07, 6.45) is 2.71. The summed E-state index contributed by atoms with van der Waals surface area (Å²) < 4.78 is 10.9. The van der Waals surface area contributed by atoms with Crippen LogP contribution < -0.4 is 5.32 Å². The van der Waals surface area contributed by atoms with Crippen LogP contribution in [0.5, 0.6) is 0 Å². The van der Waals surface area contributed by atoms with Crippen LogP contribution in [0.25, 0.3) is 0 Å². The smallest absolute Gasteiger partial charge is 0.138 e. The van der Waals surface area contributed by atoms with Gasteiger partial charge in [0.1, 0.15) is 24.7 Å². The number of ether oxygens (including phenoxy) is 2. The van der Waals surface area contributed by atoms with Gasteiger partial charge in [0.25, 0.3) is 0 Å². The molecule has 4 heteroatoms. The van der Waals surface area contributed by atoms with Crippen LogP contribution in [0.15, 0.2) is 0 Å². The average Bonchev–Trinajstić information content (AvgIpc) is 2.85. The lowest BCUT2D eigenvalue weighted by Crippen LogP contribution is -2.23. The highest BCUT2D eigenvalue weighted by atomic mass is 32.2. The second-order valence-electron chi connectivity index (χ2n) is 3.51. The minimum absolute atomic E-state index is 0.298. The predicted octanol–water partition coefficient (Wildman–Crippen LogP) is 0.551. The fourth-order valence-electron chi connectivity index (χ4n) is 1.91. The molecule has 0 aromatic rings. The molecule has 0 radical (unpaired) electrons. The van der Waals surface area contributed by atoms with Crippen molar-refractivity contribution in [3.05, 3.63) is 0 Å². The van der Waals surface area contributed by atoms with Crippen LogP contribution in [0.1, 0.15) is 13.3 Å². The summed E-state index contributed by atoms with van der Waals surface area (Å²) in [6.45, 7) is 2.20. The van der Waals surface area contributed by atoms with Crippen LogP contribution in [0.3, 0.4) is 0 Å². The molecule has 0 amide bonds. The van der Waals surface area contributed by atoms with Crippen molar-refractivity contribution in [3.8, 4) is 0 Å². The number of thioether (sulfide) groups is 1. The van der Waals surface area contributed by atoms with Crippen LogP contribution in [0.4, 0.5) is 0 Å². The molecule has 0 saturated carbocycles. The van der Waals surface area contributed by atoms with E-state index in [1.54, 1.807) is 0 Å². The number of hydrogen-bond donors (Lipinski definition) is 1. The Labute approximate surface area is 76.2 Å². The van der Waals surface area contributed by atoms with Crippen molar-refractivity contribution in [2.45, 2.75) is 43.3 Å². The highest BCUT2D eigenvalue weighted by Crippen LogP contribution is 2.42. The first-order chi connectivity index (χ1) is 5.88. The van der Waals surface area contributed by atoms with Gasteiger partial charge in [0.05, 0.1) is 0 Å². The van der Waals surface area contributed by atoms with Crippen LogP contribution >= 0.6 is 11.8 Å². The molecule has 0 spiro atoms. The number of epoxide rings is 2. The first-order valence-electron chi connectivity index (χ1n) is 4.57. The second kappa shape index (κ2) is 2.61. The van der Waals surface area contributed by atoms with Crippen molar-refractivity contribution in [1.29, 1.82) is 0 Å². The van der Waals surface area contributed by atoms with Gasteiger partial charge in [-0.2, -0.15) is 11.8 Å². The maximum absolute atomic E-state index is 5.51. The quantitative estimate of drug-likeness (QED) is 0.641. The molecule has 3 rings (SSSR count). The van der Waals surface area contributed by atoms with Crippen molar-refractivity contribution < 1.29 is 9.47 Å². The summed E-state index contributed by atoms with van der Waals surface area (Å²) in [4.78, 5) is 0. The Morgan fingerprint density at radius 3 is 3.17 bits per heavy atom. The van der Waals surface area contributed by atoms with E-state index in [9.17, 15) is 0 Å². The van der Waals surface area contributed by atoms with Gasteiger partial charge in [0.2, 0.25) is 0 Å². The summed E-state index contributed by atoms with van der Waals surface area (Å²) in [5, 5.41) is 3.98. The third-order valence-electron chi connectivity index (χ3n) is 2.65. The van der Waals surface area contributed by atoms with Crippen molar-refractivity contribution >= 4 is 11.8 Å². The van der Waals surface area contributed by atoms with Gasteiger partial charge < -0.3 is 9.47 Å². The Bertz CT molecular complexity index is 201. The molecule has 5 unspecified atom stereocenters. The Morgan fingerprint density at radius 2 is 2.33 bits per heavy atom. The maximum atomic E-state index is 5.51. The van der Waals surface area contributed by atoms with Gasteiger partial charge in [-0.25, -0.2) is 0 Å². The highest BCUT2D eigenvalue weighted by Gasteiger charge is 2.56. The summed E-state index contributed by atoms with van der Waals surface area (Å²) in [6, 6.07) is 0. The third-order valence-corrected chi connectivity index (χ3v) is 3.87. The van der Waals surface area contributed by atoms with Crippen LogP contribution in [-0.4, -0.2) is 35.7 Å². The van der Waals surface area contributed by atoms with E-state index in [1.165, 1.54) is 5.75 Å². The Balaban J connectivity index is 1.67. The molecule has 12 heavy (non-hydrogen) atoms. The maximum Gasteiger partial charge on any atom is 0.138 e. The lowest BCUT2D eigenvalue weighted by molar-refractivity contribution is 0.301. The summed E-state index contributed by atoms with van der Waals surface area (Å²) in [5.41, 5.74) is 0. The molecule has 5 atom stereocenters. The Morgan fingerprint density at radius 1 is 1.42 bits per heavy atom. The van der Waals surface area contributed by atoms with Gasteiger partial charge in [-0.05, 0) is 12.2 Å². The minimum atomic E-state index is 0.298. The molecule has 3 heterocycles. The summed E-state index contributed by atoms with van der Waals surface area (Å²) >= 11 is 2.00. The molecule has 3 nitrogen and oxygen atoms in total. The molecule has 0 aliphatic carbocycles. The lowest BCUT2D eigenvalue weighted by Gasteiger charge is -2.09. The molecule has 0 aromatic carbocycles. The zero-order valence-electron chi connectivity index (χ0n) is 7.03.